The number of piperazine rings is 1. The topological polar surface area (TPSA) is 98.8 Å². The van der Waals surface area contributed by atoms with Crippen molar-refractivity contribution in [1.29, 1.82) is 0 Å². The summed E-state index contributed by atoms with van der Waals surface area (Å²) in [7, 11) is -3.77. The van der Waals surface area contributed by atoms with Crippen LogP contribution in [0.5, 0.6) is 0 Å². The Morgan fingerprint density at radius 3 is 2.28 bits per heavy atom. The average Bonchev–Trinajstić information content (AvgIpc) is 2.68. The molecule has 172 valence electrons. The van der Waals surface area contributed by atoms with E-state index in [0.717, 1.165) is 11.3 Å². The number of anilines is 2. The highest BCUT2D eigenvalue weighted by Crippen LogP contribution is 2.27. The number of nitrogens with one attached hydrogen (secondary N) is 2. The van der Waals surface area contributed by atoms with Crippen LogP contribution >= 0.6 is 0 Å². The third-order valence-electron chi connectivity index (χ3n) is 5.43. The zero-order valence-electron chi connectivity index (χ0n) is 18.8. The zero-order chi connectivity index (χ0) is 23.5. The van der Waals surface area contributed by atoms with Crippen LogP contribution in [0.1, 0.15) is 26.3 Å². The molecule has 1 saturated heterocycles. The van der Waals surface area contributed by atoms with Gasteiger partial charge in [0.15, 0.2) is 0 Å². The minimum absolute atomic E-state index is 0.127. The number of benzene rings is 2. The standard InChI is InChI=1S/C23H30N4O4S/c1-16-8-5-6-11-22(16)25-23(29)15-26-13-17(2)27(18(3)14-26)32(30,31)21-10-7-9-20(12-21)24-19(4)28/h5-12,17-18H,13-15H2,1-4H3,(H,24,28)(H,25,29)/t17-,18+. The summed E-state index contributed by atoms with van der Waals surface area (Å²) in [5.74, 6) is -0.392. The van der Waals surface area contributed by atoms with Crippen molar-refractivity contribution >= 4 is 33.2 Å². The van der Waals surface area contributed by atoms with E-state index in [1.54, 1.807) is 12.1 Å². The molecule has 8 nitrogen and oxygen atoms in total. The lowest BCUT2D eigenvalue weighted by Crippen LogP contribution is -2.59. The number of nitrogens with zero attached hydrogens (tertiary/aromatic N) is 2. The van der Waals surface area contributed by atoms with E-state index in [1.807, 2.05) is 49.9 Å². The van der Waals surface area contributed by atoms with Crippen LogP contribution in [0.25, 0.3) is 0 Å². The number of hydrogen-bond donors (Lipinski definition) is 2. The molecule has 9 heteroatoms. The first-order valence-electron chi connectivity index (χ1n) is 10.6. The third-order valence-corrected chi connectivity index (χ3v) is 7.55. The van der Waals surface area contributed by atoms with Crippen molar-refractivity contribution in [2.24, 2.45) is 0 Å². The SMILES string of the molecule is CC(=O)Nc1cccc(S(=O)(=O)N2[C@H](C)CN(CC(=O)Nc3ccccc3C)C[C@@H]2C)c1. The Morgan fingerprint density at radius 2 is 1.66 bits per heavy atom. The number of rotatable bonds is 6. The molecule has 1 fully saturated rings. The van der Waals surface area contributed by atoms with Gasteiger partial charge in [0, 0.05) is 43.5 Å². The molecule has 1 heterocycles. The number of carbonyl (C=O) groups is 2. The summed E-state index contributed by atoms with van der Waals surface area (Å²) in [5.41, 5.74) is 2.20. The maximum absolute atomic E-state index is 13.4. The van der Waals surface area contributed by atoms with Crippen LogP contribution in [-0.2, 0) is 19.6 Å². The first-order chi connectivity index (χ1) is 15.1. The van der Waals surface area contributed by atoms with E-state index < -0.39 is 10.0 Å². The van der Waals surface area contributed by atoms with Gasteiger partial charge in [-0.1, -0.05) is 24.3 Å². The van der Waals surface area contributed by atoms with Crippen molar-refractivity contribution in [3.63, 3.8) is 0 Å². The zero-order valence-corrected chi connectivity index (χ0v) is 19.6. The molecular formula is C23H30N4O4S. The Kier molecular flexibility index (Phi) is 7.33. The molecule has 2 aromatic rings. The van der Waals surface area contributed by atoms with Crippen LogP contribution < -0.4 is 10.6 Å². The maximum atomic E-state index is 13.4. The van der Waals surface area contributed by atoms with Crippen molar-refractivity contribution in [3.8, 4) is 0 Å². The molecule has 1 aliphatic heterocycles. The molecule has 2 atom stereocenters. The third kappa shape index (κ3) is 5.53. The second-order valence-corrected chi connectivity index (χ2v) is 10.1. The lowest BCUT2D eigenvalue weighted by molar-refractivity contribution is -0.118. The van der Waals surface area contributed by atoms with Crippen molar-refractivity contribution < 1.29 is 18.0 Å². The van der Waals surface area contributed by atoms with E-state index in [9.17, 15) is 18.0 Å². The van der Waals surface area contributed by atoms with Gasteiger partial charge in [-0.3, -0.25) is 14.5 Å². The number of amides is 2. The van der Waals surface area contributed by atoms with Crippen LogP contribution in [0.3, 0.4) is 0 Å². The monoisotopic (exact) mass is 458 g/mol. The Labute approximate surface area is 189 Å². The minimum atomic E-state index is -3.77. The number of carbonyl (C=O) groups excluding carboxylic acids is 2. The molecule has 0 radical (unpaired) electrons. The minimum Gasteiger partial charge on any atom is -0.326 e. The largest absolute Gasteiger partial charge is 0.326 e. The first-order valence-corrected chi connectivity index (χ1v) is 12.0. The first kappa shape index (κ1) is 23.9. The molecule has 0 spiro atoms. The summed E-state index contributed by atoms with van der Waals surface area (Å²) < 4.78 is 28.2. The van der Waals surface area contributed by atoms with Gasteiger partial charge in [-0.25, -0.2) is 8.42 Å². The van der Waals surface area contributed by atoms with E-state index in [1.165, 1.54) is 23.4 Å². The Hall–Kier alpha value is -2.75. The van der Waals surface area contributed by atoms with Gasteiger partial charge in [0.05, 0.1) is 11.4 Å². The Morgan fingerprint density at radius 1 is 1.00 bits per heavy atom. The predicted octanol–water partition coefficient (Wildman–Crippen LogP) is 2.68. The normalized spacial score (nSPS) is 20.0. The summed E-state index contributed by atoms with van der Waals surface area (Å²) >= 11 is 0. The van der Waals surface area contributed by atoms with Gasteiger partial charge in [-0.15, -0.1) is 0 Å². The van der Waals surface area contributed by atoms with E-state index in [0.29, 0.717) is 18.8 Å². The molecule has 2 N–H and O–H groups in total. The van der Waals surface area contributed by atoms with Crippen LogP contribution in [-0.4, -0.2) is 61.2 Å². The fourth-order valence-corrected chi connectivity index (χ4v) is 6.04. The molecule has 2 aromatic carbocycles. The highest BCUT2D eigenvalue weighted by molar-refractivity contribution is 7.89. The number of aryl methyl sites for hydroxylation is 1. The Balaban J connectivity index is 1.69. The molecule has 0 saturated carbocycles. The Bertz CT molecular complexity index is 1090. The number of hydrogen-bond acceptors (Lipinski definition) is 5. The fourth-order valence-electron chi connectivity index (χ4n) is 4.19. The van der Waals surface area contributed by atoms with Crippen LogP contribution in [0, 0.1) is 6.92 Å². The summed E-state index contributed by atoms with van der Waals surface area (Å²) in [6.07, 6.45) is 0. The molecule has 2 amide bonds. The molecule has 3 rings (SSSR count). The molecule has 0 aliphatic carbocycles. The van der Waals surface area contributed by atoms with E-state index in [4.69, 9.17) is 0 Å². The molecule has 0 unspecified atom stereocenters. The van der Waals surface area contributed by atoms with Crippen molar-refractivity contribution in [3.05, 3.63) is 54.1 Å². The van der Waals surface area contributed by atoms with Crippen molar-refractivity contribution in [1.82, 2.24) is 9.21 Å². The van der Waals surface area contributed by atoms with Crippen LogP contribution in [0.15, 0.2) is 53.4 Å². The second kappa shape index (κ2) is 9.81. The summed E-state index contributed by atoms with van der Waals surface area (Å²) in [4.78, 5) is 26.0. The van der Waals surface area contributed by atoms with Crippen LogP contribution in [0.2, 0.25) is 0 Å². The molecule has 0 aromatic heterocycles. The average molecular weight is 459 g/mol. The predicted molar refractivity (Wildman–Crippen MR) is 125 cm³/mol. The molecular weight excluding hydrogens is 428 g/mol. The lowest BCUT2D eigenvalue weighted by Gasteiger charge is -2.43. The number of sulfonamides is 1. The fraction of sp³-hybridized carbons (Fsp3) is 0.391. The summed E-state index contributed by atoms with van der Waals surface area (Å²) in [5, 5.41) is 5.55. The molecule has 1 aliphatic rings. The van der Waals surface area contributed by atoms with E-state index in [-0.39, 0.29) is 35.3 Å². The van der Waals surface area contributed by atoms with Gasteiger partial charge in [-0.05, 0) is 50.6 Å². The van der Waals surface area contributed by atoms with Crippen molar-refractivity contribution in [2.75, 3.05) is 30.3 Å². The highest BCUT2D eigenvalue weighted by atomic mass is 32.2. The van der Waals surface area contributed by atoms with Gasteiger partial charge in [-0.2, -0.15) is 4.31 Å². The van der Waals surface area contributed by atoms with E-state index in [2.05, 4.69) is 10.6 Å². The smallest absolute Gasteiger partial charge is 0.243 e. The lowest BCUT2D eigenvalue weighted by atomic mass is 10.1. The number of para-hydroxylation sites is 1. The van der Waals surface area contributed by atoms with Crippen LogP contribution in [0.4, 0.5) is 11.4 Å². The molecule has 32 heavy (non-hydrogen) atoms. The molecule has 0 bridgehead atoms. The van der Waals surface area contributed by atoms with E-state index >= 15 is 0 Å². The van der Waals surface area contributed by atoms with Gasteiger partial charge < -0.3 is 10.6 Å². The summed E-state index contributed by atoms with van der Waals surface area (Å²) in [6.45, 7) is 8.07. The summed E-state index contributed by atoms with van der Waals surface area (Å²) in [6, 6.07) is 13.2. The van der Waals surface area contributed by atoms with Gasteiger partial charge in [0.1, 0.15) is 0 Å². The highest BCUT2D eigenvalue weighted by Gasteiger charge is 2.38. The van der Waals surface area contributed by atoms with Gasteiger partial charge in [0.25, 0.3) is 0 Å². The van der Waals surface area contributed by atoms with Gasteiger partial charge in [0.2, 0.25) is 21.8 Å². The quantitative estimate of drug-likeness (QED) is 0.694. The second-order valence-electron chi connectivity index (χ2n) is 8.30. The van der Waals surface area contributed by atoms with Gasteiger partial charge >= 0.3 is 0 Å². The van der Waals surface area contributed by atoms with Crippen molar-refractivity contribution in [2.45, 2.75) is 44.7 Å². The maximum Gasteiger partial charge on any atom is 0.243 e.